The van der Waals surface area contributed by atoms with E-state index >= 15 is 0 Å². The van der Waals surface area contributed by atoms with Crippen LogP contribution in [0.4, 0.5) is 0 Å². The smallest absolute Gasteiger partial charge is 0.110 e. The van der Waals surface area contributed by atoms with E-state index in [-0.39, 0.29) is 0 Å². The molecule has 0 aliphatic carbocycles. The SMILES string of the molecule is C=Cc1ccccc1[Si](C)(C)COCC. The average Bonchev–Trinajstić information content (AvgIpc) is 2.26. The topological polar surface area (TPSA) is 9.23 Å². The van der Waals surface area contributed by atoms with E-state index in [0.29, 0.717) is 0 Å². The van der Waals surface area contributed by atoms with E-state index in [1.165, 1.54) is 10.8 Å². The summed E-state index contributed by atoms with van der Waals surface area (Å²) in [6.07, 6.45) is 2.82. The van der Waals surface area contributed by atoms with Crippen LogP contribution in [-0.2, 0) is 4.74 Å². The number of hydrogen-bond acceptors (Lipinski definition) is 1. The molecule has 0 atom stereocenters. The average molecular weight is 220 g/mol. The molecule has 1 aromatic carbocycles. The summed E-state index contributed by atoms with van der Waals surface area (Å²) in [4.78, 5) is 0. The molecule has 0 saturated carbocycles. The zero-order chi connectivity index (χ0) is 11.3. The predicted octanol–water partition coefficient (Wildman–Crippen LogP) is 2.82. The van der Waals surface area contributed by atoms with Gasteiger partial charge in [0, 0.05) is 12.8 Å². The Kier molecular flexibility index (Phi) is 4.30. The van der Waals surface area contributed by atoms with Gasteiger partial charge in [-0.1, -0.05) is 55.2 Å². The van der Waals surface area contributed by atoms with Gasteiger partial charge >= 0.3 is 0 Å². The fourth-order valence-corrected chi connectivity index (χ4v) is 4.11. The van der Waals surface area contributed by atoms with Crippen molar-refractivity contribution >= 4 is 19.3 Å². The summed E-state index contributed by atoms with van der Waals surface area (Å²) in [5, 5.41) is 1.44. The standard InChI is InChI=1S/C13H20OSi/c1-5-12-9-7-8-10-13(12)15(3,4)11-14-6-2/h5,7-10H,1,6,11H2,2-4H3. The summed E-state index contributed by atoms with van der Waals surface area (Å²) >= 11 is 0. The molecule has 1 aromatic rings. The van der Waals surface area contributed by atoms with Gasteiger partial charge in [0.1, 0.15) is 8.07 Å². The van der Waals surface area contributed by atoms with Crippen LogP contribution in [0, 0.1) is 0 Å². The molecule has 1 nitrogen and oxygen atoms in total. The lowest BCUT2D eigenvalue weighted by Gasteiger charge is -2.24. The molecular weight excluding hydrogens is 200 g/mol. The highest BCUT2D eigenvalue weighted by Gasteiger charge is 2.25. The van der Waals surface area contributed by atoms with Crippen LogP contribution < -0.4 is 5.19 Å². The van der Waals surface area contributed by atoms with Gasteiger partial charge in [0.15, 0.2) is 0 Å². The van der Waals surface area contributed by atoms with E-state index < -0.39 is 8.07 Å². The molecule has 0 aliphatic heterocycles. The lowest BCUT2D eigenvalue weighted by Crippen LogP contribution is -2.47. The van der Waals surface area contributed by atoms with Crippen LogP contribution in [0.2, 0.25) is 13.1 Å². The fraction of sp³-hybridized carbons (Fsp3) is 0.385. The van der Waals surface area contributed by atoms with Crippen LogP contribution >= 0.6 is 0 Å². The number of rotatable bonds is 5. The third-order valence-electron chi connectivity index (χ3n) is 2.58. The van der Waals surface area contributed by atoms with E-state index in [4.69, 9.17) is 4.74 Å². The van der Waals surface area contributed by atoms with Crippen LogP contribution in [0.3, 0.4) is 0 Å². The Morgan fingerprint density at radius 1 is 1.33 bits per heavy atom. The summed E-state index contributed by atoms with van der Waals surface area (Å²) in [6.45, 7) is 11.4. The first-order valence-electron chi connectivity index (χ1n) is 5.41. The monoisotopic (exact) mass is 220 g/mol. The maximum atomic E-state index is 5.58. The van der Waals surface area contributed by atoms with Gasteiger partial charge in [0.05, 0.1) is 0 Å². The fourth-order valence-electron chi connectivity index (χ4n) is 1.73. The van der Waals surface area contributed by atoms with Crippen molar-refractivity contribution in [2.45, 2.75) is 20.0 Å². The number of hydrogen-bond donors (Lipinski definition) is 0. The van der Waals surface area contributed by atoms with Crippen LogP contribution in [0.5, 0.6) is 0 Å². The predicted molar refractivity (Wildman–Crippen MR) is 70.1 cm³/mol. The van der Waals surface area contributed by atoms with Crippen molar-refractivity contribution in [3.8, 4) is 0 Å². The maximum absolute atomic E-state index is 5.58. The summed E-state index contributed by atoms with van der Waals surface area (Å²) in [7, 11) is -1.46. The van der Waals surface area contributed by atoms with Crippen molar-refractivity contribution in [1.82, 2.24) is 0 Å². The largest absolute Gasteiger partial charge is 0.385 e. The van der Waals surface area contributed by atoms with Crippen molar-refractivity contribution in [3.63, 3.8) is 0 Å². The molecule has 0 saturated heterocycles. The molecule has 0 fully saturated rings. The van der Waals surface area contributed by atoms with E-state index in [9.17, 15) is 0 Å². The van der Waals surface area contributed by atoms with Crippen LogP contribution in [0.1, 0.15) is 12.5 Å². The van der Waals surface area contributed by atoms with Crippen LogP contribution in [0.25, 0.3) is 6.08 Å². The molecule has 0 amide bonds. The Hall–Kier alpha value is -0.863. The quantitative estimate of drug-likeness (QED) is 0.693. The molecule has 0 unspecified atom stereocenters. The van der Waals surface area contributed by atoms with Gasteiger partial charge in [-0.15, -0.1) is 0 Å². The molecule has 82 valence electrons. The molecule has 0 aliphatic rings. The second-order valence-electron chi connectivity index (χ2n) is 4.31. The highest BCUT2D eigenvalue weighted by atomic mass is 28.3. The normalized spacial score (nSPS) is 11.4. The lowest BCUT2D eigenvalue weighted by atomic mass is 10.2. The Bertz CT molecular complexity index is 331. The van der Waals surface area contributed by atoms with E-state index in [1.54, 1.807) is 0 Å². The molecule has 15 heavy (non-hydrogen) atoms. The van der Waals surface area contributed by atoms with Gasteiger partial charge < -0.3 is 4.74 Å². The van der Waals surface area contributed by atoms with Crippen LogP contribution in [0.15, 0.2) is 30.8 Å². The molecule has 0 radical (unpaired) electrons. The molecule has 0 aromatic heterocycles. The van der Waals surface area contributed by atoms with Crippen molar-refractivity contribution in [1.29, 1.82) is 0 Å². The number of benzene rings is 1. The first-order valence-corrected chi connectivity index (χ1v) is 8.62. The second kappa shape index (κ2) is 5.28. The van der Waals surface area contributed by atoms with Gasteiger partial charge in [-0.2, -0.15) is 0 Å². The molecule has 1 rings (SSSR count). The van der Waals surface area contributed by atoms with Gasteiger partial charge in [-0.05, 0) is 12.5 Å². The maximum Gasteiger partial charge on any atom is 0.110 e. The molecule has 2 heteroatoms. The Balaban J connectivity index is 2.97. The summed E-state index contributed by atoms with van der Waals surface area (Å²) < 4.78 is 5.58. The van der Waals surface area contributed by atoms with E-state index in [1.807, 2.05) is 13.0 Å². The first kappa shape index (κ1) is 12.2. The Morgan fingerprint density at radius 2 is 2.00 bits per heavy atom. The zero-order valence-corrected chi connectivity index (χ0v) is 10.9. The molecule has 0 N–H and O–H groups in total. The van der Waals surface area contributed by atoms with Crippen molar-refractivity contribution in [2.75, 3.05) is 12.8 Å². The van der Waals surface area contributed by atoms with Gasteiger partial charge in [-0.3, -0.25) is 0 Å². The molecule has 0 bridgehead atoms. The molecular formula is C13H20OSi. The second-order valence-corrected chi connectivity index (χ2v) is 8.91. The Labute approximate surface area is 93.8 Å². The zero-order valence-electron chi connectivity index (χ0n) is 9.92. The third-order valence-corrected chi connectivity index (χ3v) is 5.42. The lowest BCUT2D eigenvalue weighted by molar-refractivity contribution is 0.189. The minimum absolute atomic E-state index is 0.798. The van der Waals surface area contributed by atoms with Crippen molar-refractivity contribution in [3.05, 3.63) is 36.4 Å². The highest BCUT2D eigenvalue weighted by molar-refractivity contribution is 6.90. The van der Waals surface area contributed by atoms with Gasteiger partial charge in [-0.25, -0.2) is 0 Å². The third kappa shape index (κ3) is 3.04. The Morgan fingerprint density at radius 3 is 2.60 bits per heavy atom. The minimum atomic E-state index is -1.46. The molecule has 0 heterocycles. The summed E-state index contributed by atoms with van der Waals surface area (Å²) in [5.41, 5.74) is 1.26. The van der Waals surface area contributed by atoms with E-state index in [2.05, 4.69) is 43.9 Å². The highest BCUT2D eigenvalue weighted by Crippen LogP contribution is 2.09. The summed E-state index contributed by atoms with van der Waals surface area (Å²) in [5.74, 6) is 0. The first-order chi connectivity index (χ1) is 7.11. The molecule has 0 spiro atoms. The van der Waals surface area contributed by atoms with Crippen molar-refractivity contribution in [2.24, 2.45) is 0 Å². The minimum Gasteiger partial charge on any atom is -0.385 e. The number of ether oxygens (including phenoxy) is 1. The van der Waals surface area contributed by atoms with E-state index in [0.717, 1.165) is 12.8 Å². The van der Waals surface area contributed by atoms with Crippen molar-refractivity contribution < 1.29 is 4.74 Å². The van der Waals surface area contributed by atoms with Gasteiger partial charge in [0.2, 0.25) is 0 Å². The van der Waals surface area contributed by atoms with Gasteiger partial charge in [0.25, 0.3) is 0 Å². The summed E-state index contributed by atoms with van der Waals surface area (Å²) in [6, 6.07) is 8.50. The van der Waals surface area contributed by atoms with Crippen LogP contribution in [-0.4, -0.2) is 20.9 Å².